The molecule has 2 heterocycles. The van der Waals surface area contributed by atoms with E-state index in [1.54, 1.807) is 29.2 Å². The molecule has 2 amide bonds. The maximum Gasteiger partial charge on any atom is 0.252 e. The average Bonchev–Trinajstić information content (AvgIpc) is 3.43. The molecule has 0 spiro atoms. The van der Waals surface area contributed by atoms with Gasteiger partial charge in [0.15, 0.2) is 0 Å². The lowest BCUT2D eigenvalue weighted by Gasteiger charge is -2.11. The lowest BCUT2D eigenvalue weighted by molar-refractivity contribution is -0.115. The van der Waals surface area contributed by atoms with E-state index in [0.717, 1.165) is 22.2 Å². The Kier molecular flexibility index (Phi) is 6.00. The van der Waals surface area contributed by atoms with E-state index in [0.29, 0.717) is 22.5 Å². The van der Waals surface area contributed by atoms with Crippen LogP contribution < -0.4 is 10.6 Å². The topological polar surface area (TPSA) is 102 Å². The van der Waals surface area contributed by atoms with Crippen molar-refractivity contribution in [3.05, 3.63) is 103 Å². The number of nitrogens with zero attached hydrogens (tertiary/aromatic N) is 4. The molecule has 0 radical (unpaired) electrons. The Hall–Kier alpha value is -4.85. The van der Waals surface area contributed by atoms with Gasteiger partial charge in [-0.25, -0.2) is 14.6 Å². The zero-order valence-electron chi connectivity index (χ0n) is 19.0. The number of fused-ring (bicyclic) bond motifs is 1. The fourth-order valence-electron chi connectivity index (χ4n) is 3.74. The molecule has 5 aromatic rings. The third kappa shape index (κ3) is 4.91. The Morgan fingerprint density at radius 2 is 1.71 bits per heavy atom. The van der Waals surface area contributed by atoms with E-state index < -0.39 is 0 Å². The van der Waals surface area contributed by atoms with E-state index in [1.807, 2.05) is 67.6 Å². The minimum atomic E-state index is -0.339. The van der Waals surface area contributed by atoms with Gasteiger partial charge in [0.25, 0.3) is 5.91 Å². The lowest BCUT2D eigenvalue weighted by atomic mass is 10.0. The molecule has 5 rings (SSSR count). The number of benzene rings is 3. The number of aryl methyl sites for hydroxylation is 1. The number of rotatable bonds is 6. The van der Waals surface area contributed by atoms with Crippen molar-refractivity contribution in [3.8, 4) is 16.9 Å². The predicted molar refractivity (Wildman–Crippen MR) is 134 cm³/mol. The first-order chi connectivity index (χ1) is 17.1. The monoisotopic (exact) mass is 462 g/mol. The molecule has 0 aliphatic heterocycles. The van der Waals surface area contributed by atoms with E-state index in [-0.39, 0.29) is 18.4 Å². The third-order valence-electron chi connectivity index (χ3n) is 5.55. The first-order valence-corrected chi connectivity index (χ1v) is 11.1. The van der Waals surface area contributed by atoms with Crippen LogP contribution >= 0.6 is 0 Å². The van der Waals surface area contributed by atoms with Crippen LogP contribution in [0.3, 0.4) is 0 Å². The molecule has 0 aliphatic carbocycles. The Bertz CT molecular complexity index is 1490. The molecule has 0 saturated carbocycles. The SMILES string of the molecule is Cc1ccc(-c2cc(C(=O)NCC(=O)Nc3ccc(-n4cncn4)cc3)c3ccccc3n2)cc1. The standard InChI is InChI=1S/C27H22N6O2/c1-18-6-8-19(9-7-18)25-14-23(22-4-2-3-5-24(22)32-25)27(35)29-15-26(34)31-20-10-12-21(13-11-20)33-17-28-16-30-33/h2-14,16-17H,15H2,1H3,(H,29,35)(H,31,34). The molecule has 0 bridgehead atoms. The predicted octanol–water partition coefficient (Wildman–Crippen LogP) is 4.16. The van der Waals surface area contributed by atoms with Gasteiger partial charge in [0.2, 0.25) is 5.91 Å². The fraction of sp³-hybridized carbons (Fsp3) is 0.0741. The van der Waals surface area contributed by atoms with Crippen LogP contribution in [0.1, 0.15) is 15.9 Å². The molecule has 0 unspecified atom stereocenters. The highest BCUT2D eigenvalue weighted by Crippen LogP contribution is 2.25. The largest absolute Gasteiger partial charge is 0.343 e. The van der Waals surface area contributed by atoms with Crippen LogP contribution in [0.4, 0.5) is 5.69 Å². The summed E-state index contributed by atoms with van der Waals surface area (Å²) in [5.41, 5.74) is 5.38. The minimum Gasteiger partial charge on any atom is -0.343 e. The molecule has 8 heteroatoms. The van der Waals surface area contributed by atoms with Gasteiger partial charge in [0.1, 0.15) is 12.7 Å². The summed E-state index contributed by atoms with van der Waals surface area (Å²) in [5.74, 6) is -0.669. The molecule has 0 aliphatic rings. The summed E-state index contributed by atoms with van der Waals surface area (Å²) in [6, 6.07) is 24.4. The zero-order valence-corrected chi connectivity index (χ0v) is 19.0. The second kappa shape index (κ2) is 9.56. The van der Waals surface area contributed by atoms with Crippen molar-refractivity contribution in [1.29, 1.82) is 0 Å². The maximum atomic E-state index is 13.1. The number of carbonyl (C=O) groups excluding carboxylic acids is 2. The number of nitrogens with one attached hydrogen (secondary N) is 2. The molecule has 2 N–H and O–H groups in total. The van der Waals surface area contributed by atoms with Crippen LogP contribution in [0.15, 0.2) is 91.5 Å². The number of hydrogen-bond acceptors (Lipinski definition) is 5. The summed E-state index contributed by atoms with van der Waals surface area (Å²) in [6.45, 7) is 1.85. The van der Waals surface area contributed by atoms with Gasteiger partial charge in [-0.05, 0) is 43.3 Å². The quantitative estimate of drug-likeness (QED) is 0.395. The number of carbonyl (C=O) groups is 2. The molecular formula is C27H22N6O2. The number of hydrogen-bond donors (Lipinski definition) is 2. The van der Waals surface area contributed by atoms with Crippen molar-refractivity contribution in [2.24, 2.45) is 0 Å². The van der Waals surface area contributed by atoms with Gasteiger partial charge in [-0.1, -0.05) is 48.0 Å². The molecule has 3 aromatic carbocycles. The van der Waals surface area contributed by atoms with Crippen LogP contribution in [-0.2, 0) is 4.79 Å². The summed E-state index contributed by atoms with van der Waals surface area (Å²) < 4.78 is 1.62. The van der Waals surface area contributed by atoms with Crippen molar-refractivity contribution in [3.63, 3.8) is 0 Å². The summed E-state index contributed by atoms with van der Waals surface area (Å²) in [6.07, 6.45) is 3.05. The van der Waals surface area contributed by atoms with Gasteiger partial charge in [-0.2, -0.15) is 5.10 Å². The van der Waals surface area contributed by atoms with Crippen LogP contribution in [0.2, 0.25) is 0 Å². The normalized spacial score (nSPS) is 10.8. The van der Waals surface area contributed by atoms with Crippen molar-refractivity contribution in [2.45, 2.75) is 6.92 Å². The third-order valence-corrected chi connectivity index (χ3v) is 5.55. The van der Waals surface area contributed by atoms with Crippen LogP contribution in [-0.4, -0.2) is 38.1 Å². The molecular weight excluding hydrogens is 440 g/mol. The Balaban J connectivity index is 1.30. The first-order valence-electron chi connectivity index (χ1n) is 11.1. The molecule has 0 fully saturated rings. The average molecular weight is 463 g/mol. The van der Waals surface area contributed by atoms with Crippen molar-refractivity contribution in [2.75, 3.05) is 11.9 Å². The van der Waals surface area contributed by atoms with Gasteiger partial charge in [0.05, 0.1) is 29.0 Å². The number of amides is 2. The van der Waals surface area contributed by atoms with E-state index in [4.69, 9.17) is 4.98 Å². The van der Waals surface area contributed by atoms with Crippen LogP contribution in [0, 0.1) is 6.92 Å². The van der Waals surface area contributed by atoms with Crippen molar-refractivity contribution >= 4 is 28.4 Å². The summed E-state index contributed by atoms with van der Waals surface area (Å²) in [4.78, 5) is 34.2. The van der Waals surface area contributed by atoms with E-state index >= 15 is 0 Å². The molecule has 2 aromatic heterocycles. The van der Waals surface area contributed by atoms with E-state index in [2.05, 4.69) is 20.7 Å². The van der Waals surface area contributed by atoms with Crippen LogP contribution in [0.25, 0.3) is 27.8 Å². The van der Waals surface area contributed by atoms with Crippen molar-refractivity contribution < 1.29 is 9.59 Å². The number of para-hydroxylation sites is 1. The molecule has 35 heavy (non-hydrogen) atoms. The minimum absolute atomic E-state index is 0.166. The van der Waals surface area contributed by atoms with Crippen molar-refractivity contribution in [1.82, 2.24) is 25.1 Å². The molecule has 8 nitrogen and oxygen atoms in total. The smallest absolute Gasteiger partial charge is 0.252 e. The summed E-state index contributed by atoms with van der Waals surface area (Å²) in [5, 5.41) is 10.3. The molecule has 172 valence electrons. The highest BCUT2D eigenvalue weighted by Gasteiger charge is 2.15. The highest BCUT2D eigenvalue weighted by atomic mass is 16.2. The van der Waals surface area contributed by atoms with Gasteiger partial charge >= 0.3 is 0 Å². The first kappa shape index (κ1) is 22.0. The molecule has 0 saturated heterocycles. The Labute approximate surface area is 201 Å². The van der Waals surface area contributed by atoms with E-state index in [9.17, 15) is 9.59 Å². The van der Waals surface area contributed by atoms with Gasteiger partial charge in [-0.3, -0.25) is 9.59 Å². The second-order valence-electron chi connectivity index (χ2n) is 8.06. The second-order valence-corrected chi connectivity index (χ2v) is 8.06. The fourth-order valence-corrected chi connectivity index (χ4v) is 3.74. The zero-order chi connectivity index (χ0) is 24.2. The summed E-state index contributed by atoms with van der Waals surface area (Å²) >= 11 is 0. The Morgan fingerprint density at radius 3 is 2.46 bits per heavy atom. The lowest BCUT2D eigenvalue weighted by Crippen LogP contribution is -2.33. The highest BCUT2D eigenvalue weighted by molar-refractivity contribution is 6.08. The van der Waals surface area contributed by atoms with Gasteiger partial charge in [-0.15, -0.1) is 0 Å². The van der Waals surface area contributed by atoms with Gasteiger partial charge < -0.3 is 10.6 Å². The van der Waals surface area contributed by atoms with Crippen LogP contribution in [0.5, 0.6) is 0 Å². The summed E-state index contributed by atoms with van der Waals surface area (Å²) in [7, 11) is 0. The Morgan fingerprint density at radius 1 is 0.943 bits per heavy atom. The van der Waals surface area contributed by atoms with E-state index in [1.165, 1.54) is 6.33 Å². The number of aromatic nitrogens is 4. The number of anilines is 1. The number of pyridine rings is 1. The maximum absolute atomic E-state index is 13.1. The molecule has 0 atom stereocenters. The van der Waals surface area contributed by atoms with Gasteiger partial charge in [0, 0.05) is 16.6 Å².